The fourth-order valence-corrected chi connectivity index (χ4v) is 4.47. The van der Waals surface area contributed by atoms with Gasteiger partial charge in [-0.05, 0) is 37.3 Å². The molecule has 1 aliphatic heterocycles. The smallest absolute Gasteiger partial charge is 0.0642 e. The average Bonchev–Trinajstić information content (AvgIpc) is 2.86. The lowest BCUT2D eigenvalue weighted by atomic mass is 9.88. The van der Waals surface area contributed by atoms with Crippen LogP contribution in [0.15, 0.2) is 18.2 Å². The predicted molar refractivity (Wildman–Crippen MR) is 91.4 cm³/mol. The molecule has 1 aromatic carbocycles. The number of para-hydroxylation sites is 1. The second-order valence-corrected chi connectivity index (χ2v) is 7.62. The van der Waals surface area contributed by atoms with Crippen LogP contribution in [-0.2, 0) is 0 Å². The molecule has 2 fully saturated rings. The van der Waals surface area contributed by atoms with Gasteiger partial charge in [0.1, 0.15) is 0 Å². The second-order valence-electron chi connectivity index (χ2n) is 7.21. The van der Waals surface area contributed by atoms with E-state index in [2.05, 4.69) is 43.1 Å². The number of hydrogen-bond acceptors (Lipinski definition) is 2. The highest BCUT2D eigenvalue weighted by atomic mass is 35.5. The molecule has 21 heavy (non-hydrogen) atoms. The van der Waals surface area contributed by atoms with Gasteiger partial charge in [-0.3, -0.25) is 0 Å². The number of aryl methyl sites for hydroxylation is 1. The molecule has 3 rings (SSSR count). The first-order valence-corrected chi connectivity index (χ1v) is 8.67. The van der Waals surface area contributed by atoms with E-state index in [1.54, 1.807) is 0 Å². The van der Waals surface area contributed by atoms with Crippen molar-refractivity contribution in [1.29, 1.82) is 0 Å². The van der Waals surface area contributed by atoms with Crippen molar-refractivity contribution in [3.8, 4) is 0 Å². The molecule has 1 aliphatic carbocycles. The van der Waals surface area contributed by atoms with Gasteiger partial charge in [0.25, 0.3) is 0 Å². The van der Waals surface area contributed by atoms with E-state index in [1.807, 2.05) is 6.07 Å². The number of halogens is 1. The maximum atomic E-state index is 6.57. The number of hydrogen-bond donors (Lipinski definition) is 1. The van der Waals surface area contributed by atoms with Crippen LogP contribution in [0.25, 0.3) is 0 Å². The largest absolute Gasteiger partial charge is 0.364 e. The van der Waals surface area contributed by atoms with E-state index in [0.717, 1.165) is 18.1 Å². The molecule has 1 saturated carbocycles. The lowest BCUT2D eigenvalue weighted by Gasteiger charge is -2.49. The van der Waals surface area contributed by atoms with Gasteiger partial charge in [0.15, 0.2) is 0 Å². The highest BCUT2D eigenvalue weighted by Crippen LogP contribution is 2.39. The molecule has 2 nitrogen and oxygen atoms in total. The number of anilines is 1. The highest BCUT2D eigenvalue weighted by molar-refractivity contribution is 6.33. The lowest BCUT2D eigenvalue weighted by Crippen LogP contribution is -2.64. The summed E-state index contributed by atoms with van der Waals surface area (Å²) in [6.45, 7) is 8.99. The van der Waals surface area contributed by atoms with E-state index in [4.69, 9.17) is 11.6 Å². The predicted octanol–water partition coefficient (Wildman–Crippen LogP) is 4.40. The van der Waals surface area contributed by atoms with E-state index in [0.29, 0.717) is 17.5 Å². The third-order valence-electron chi connectivity index (χ3n) is 5.37. The monoisotopic (exact) mass is 306 g/mol. The third-order valence-corrected chi connectivity index (χ3v) is 5.67. The number of benzene rings is 1. The van der Waals surface area contributed by atoms with Gasteiger partial charge in [0.2, 0.25) is 0 Å². The molecule has 1 heterocycles. The fraction of sp³-hybridized carbons (Fsp3) is 0.667. The molecular weight excluding hydrogens is 280 g/mol. The molecule has 1 aromatic rings. The standard InChI is InChI=1S/C18H27ClN2/c1-13(2)16-11-20-18(9-4-5-10-18)12-21(16)17-14(3)7-6-8-15(17)19/h6-8,13,16,20H,4-5,9-12H2,1-3H3. The molecule has 2 aliphatic rings. The maximum absolute atomic E-state index is 6.57. The summed E-state index contributed by atoms with van der Waals surface area (Å²) in [5.74, 6) is 0.618. The quantitative estimate of drug-likeness (QED) is 0.871. The van der Waals surface area contributed by atoms with Crippen LogP contribution in [0.2, 0.25) is 5.02 Å². The van der Waals surface area contributed by atoms with Gasteiger partial charge < -0.3 is 10.2 Å². The van der Waals surface area contributed by atoms with E-state index in [9.17, 15) is 0 Å². The molecule has 1 atom stereocenters. The Bertz CT molecular complexity index is 486. The Kier molecular flexibility index (Phi) is 4.20. The summed E-state index contributed by atoms with van der Waals surface area (Å²) in [5, 5.41) is 4.78. The minimum Gasteiger partial charge on any atom is -0.364 e. The van der Waals surface area contributed by atoms with Crippen molar-refractivity contribution in [3.05, 3.63) is 28.8 Å². The number of nitrogens with one attached hydrogen (secondary N) is 1. The first kappa shape index (κ1) is 15.2. The summed E-state index contributed by atoms with van der Waals surface area (Å²) in [7, 11) is 0. The van der Waals surface area contributed by atoms with Crippen LogP contribution >= 0.6 is 11.6 Å². The Balaban J connectivity index is 1.97. The van der Waals surface area contributed by atoms with Crippen LogP contribution in [0, 0.1) is 12.8 Å². The molecule has 1 unspecified atom stereocenters. The van der Waals surface area contributed by atoms with Crippen LogP contribution in [0.5, 0.6) is 0 Å². The molecular formula is C18H27ClN2. The van der Waals surface area contributed by atoms with Crippen molar-refractivity contribution in [2.45, 2.75) is 58.0 Å². The van der Waals surface area contributed by atoms with Crippen molar-refractivity contribution in [2.75, 3.05) is 18.0 Å². The van der Waals surface area contributed by atoms with Crippen LogP contribution in [0.3, 0.4) is 0 Å². The molecule has 0 radical (unpaired) electrons. The summed E-state index contributed by atoms with van der Waals surface area (Å²) in [4.78, 5) is 2.60. The van der Waals surface area contributed by atoms with Crippen molar-refractivity contribution < 1.29 is 0 Å². The van der Waals surface area contributed by atoms with Gasteiger partial charge in [0, 0.05) is 24.7 Å². The molecule has 0 bridgehead atoms. The molecule has 116 valence electrons. The summed E-state index contributed by atoms with van der Waals surface area (Å²) in [5.41, 5.74) is 2.87. The minimum absolute atomic E-state index is 0.316. The first-order valence-electron chi connectivity index (χ1n) is 8.29. The summed E-state index contributed by atoms with van der Waals surface area (Å²) < 4.78 is 0. The SMILES string of the molecule is Cc1cccc(Cl)c1N1CC2(CCCC2)NCC1C(C)C. The molecule has 3 heteroatoms. The van der Waals surface area contributed by atoms with Crippen molar-refractivity contribution >= 4 is 17.3 Å². The lowest BCUT2D eigenvalue weighted by molar-refractivity contribution is 0.245. The van der Waals surface area contributed by atoms with Crippen molar-refractivity contribution in [1.82, 2.24) is 5.32 Å². The normalized spacial score (nSPS) is 25.0. The van der Waals surface area contributed by atoms with Crippen LogP contribution in [0.4, 0.5) is 5.69 Å². The summed E-state index contributed by atoms with van der Waals surface area (Å²) in [6, 6.07) is 6.79. The van der Waals surface area contributed by atoms with E-state index in [1.165, 1.54) is 36.9 Å². The molecule has 0 aromatic heterocycles. The van der Waals surface area contributed by atoms with Gasteiger partial charge in [-0.15, -0.1) is 0 Å². The topological polar surface area (TPSA) is 15.3 Å². The molecule has 0 amide bonds. The summed E-state index contributed by atoms with van der Waals surface area (Å²) in [6.07, 6.45) is 5.32. The first-order chi connectivity index (χ1) is 10.0. The zero-order chi connectivity index (χ0) is 15.0. The zero-order valence-electron chi connectivity index (χ0n) is 13.5. The molecule has 1 N–H and O–H groups in total. The fourth-order valence-electron chi connectivity index (χ4n) is 4.14. The van der Waals surface area contributed by atoms with Gasteiger partial charge in [-0.1, -0.05) is 50.4 Å². The van der Waals surface area contributed by atoms with Gasteiger partial charge >= 0.3 is 0 Å². The Labute approximate surface area is 133 Å². The van der Waals surface area contributed by atoms with E-state index >= 15 is 0 Å². The van der Waals surface area contributed by atoms with Gasteiger partial charge in [-0.25, -0.2) is 0 Å². The van der Waals surface area contributed by atoms with E-state index in [-0.39, 0.29) is 0 Å². The Morgan fingerprint density at radius 3 is 2.62 bits per heavy atom. The maximum Gasteiger partial charge on any atom is 0.0642 e. The van der Waals surface area contributed by atoms with Gasteiger partial charge in [0.05, 0.1) is 10.7 Å². The molecule has 1 saturated heterocycles. The molecule has 1 spiro atoms. The second kappa shape index (κ2) is 5.81. The van der Waals surface area contributed by atoms with E-state index < -0.39 is 0 Å². The van der Waals surface area contributed by atoms with Crippen molar-refractivity contribution in [2.24, 2.45) is 5.92 Å². The minimum atomic E-state index is 0.316. The Morgan fingerprint density at radius 2 is 2.00 bits per heavy atom. The number of rotatable bonds is 2. The Hall–Kier alpha value is -0.730. The van der Waals surface area contributed by atoms with Crippen LogP contribution < -0.4 is 10.2 Å². The van der Waals surface area contributed by atoms with Crippen LogP contribution in [0.1, 0.15) is 45.1 Å². The van der Waals surface area contributed by atoms with Crippen molar-refractivity contribution in [3.63, 3.8) is 0 Å². The summed E-state index contributed by atoms with van der Waals surface area (Å²) >= 11 is 6.57. The number of piperazine rings is 1. The Morgan fingerprint density at radius 1 is 1.29 bits per heavy atom. The van der Waals surface area contributed by atoms with Crippen LogP contribution in [-0.4, -0.2) is 24.7 Å². The number of nitrogens with zero attached hydrogens (tertiary/aromatic N) is 1. The highest BCUT2D eigenvalue weighted by Gasteiger charge is 2.42. The third kappa shape index (κ3) is 2.80. The average molecular weight is 307 g/mol. The van der Waals surface area contributed by atoms with Gasteiger partial charge in [-0.2, -0.15) is 0 Å². The zero-order valence-corrected chi connectivity index (χ0v) is 14.2.